The van der Waals surface area contributed by atoms with Crippen molar-refractivity contribution in [1.82, 2.24) is 0 Å². The van der Waals surface area contributed by atoms with Crippen LogP contribution in [0.3, 0.4) is 0 Å². The van der Waals surface area contributed by atoms with Gasteiger partial charge in [-0.05, 0) is 0 Å². The molecule has 0 radical (unpaired) electrons. The van der Waals surface area contributed by atoms with E-state index in [-0.39, 0.29) is 13.2 Å². The molecule has 0 amide bonds. The molecule has 0 saturated heterocycles. The Balaban J connectivity index is 4.17. The van der Waals surface area contributed by atoms with E-state index in [0.717, 1.165) is 0 Å². The molecule has 55 valence electrons. The first-order valence-electron chi connectivity index (χ1n) is 2.79. The van der Waals surface area contributed by atoms with Crippen LogP contribution in [0.15, 0.2) is 0 Å². The molecule has 2 N–H and O–H groups in total. The van der Waals surface area contributed by atoms with E-state index in [2.05, 4.69) is 5.11 Å². The summed E-state index contributed by atoms with van der Waals surface area (Å²) in [6.45, 7) is 0.717. The number of aliphatic hydroxyl groups excluding tert-OH is 2. The van der Waals surface area contributed by atoms with Gasteiger partial charge in [0.2, 0.25) is 0 Å². The number of hydrogen-bond donors (Lipinski definition) is 2. The fraction of sp³-hybridized carbons (Fsp3) is 0.800. The molecule has 0 aliphatic heterocycles. The maximum atomic E-state index is 10.8. The van der Waals surface area contributed by atoms with E-state index < -0.39 is 11.4 Å². The monoisotopic (exact) mass is 400 g/mol. The number of rotatable bonds is 3. The van der Waals surface area contributed by atoms with E-state index in [9.17, 15) is 4.79 Å². The van der Waals surface area contributed by atoms with Crippen molar-refractivity contribution in [2.45, 2.75) is 6.92 Å². The minimum atomic E-state index is -1.11. The minimum absolute atomic E-state index is 0.176. The third kappa shape index (κ3) is 1.21. The van der Waals surface area contributed by atoms with Crippen molar-refractivity contribution < 1.29 is 20.1 Å². The molecule has 0 aromatic carbocycles. The molecule has 4 nitrogen and oxygen atoms in total. The molecular formula is C5H9O4Rf. The number of carbonyl (C=O) groups is 1. The second-order valence-corrected chi connectivity index (χ2v) is 3.61. The number of hydrogen-bond acceptors (Lipinski definition) is 4. The van der Waals surface area contributed by atoms with Gasteiger partial charge in [-0.2, -0.15) is 0 Å². The Morgan fingerprint density at radius 2 is 2.00 bits per heavy atom. The summed E-state index contributed by atoms with van der Waals surface area (Å²) in [5, 5.41) is 21.8. The van der Waals surface area contributed by atoms with E-state index in [1.165, 1.54) is 6.92 Å². The maximum absolute atomic E-state index is 10.8. The molecule has 0 aromatic heterocycles. The van der Waals surface area contributed by atoms with Crippen LogP contribution in [0, 0.1) is 5.41 Å². The van der Waals surface area contributed by atoms with Crippen LogP contribution < -0.4 is 0 Å². The molecule has 0 spiro atoms. The van der Waals surface area contributed by atoms with Crippen molar-refractivity contribution in [2.75, 3.05) is 13.2 Å². The quantitative estimate of drug-likeness (QED) is 0.637. The summed E-state index contributed by atoms with van der Waals surface area (Å²) < 4.78 is -0.176. The molecule has 0 atom stereocenters. The predicted molar refractivity (Wildman–Crippen MR) is 28.4 cm³/mol. The zero-order valence-corrected chi connectivity index (χ0v) is 12.2. The molecular weight excluding hydrogens is 391 g/mol. The molecule has 0 saturated carbocycles. The van der Waals surface area contributed by atoms with Crippen LogP contribution in [0.25, 0.3) is 0 Å². The Morgan fingerprint density at radius 1 is 1.60 bits per heavy atom. The average Bonchev–Trinajstić information content (AvgIpc) is 2.01. The Morgan fingerprint density at radius 3 is 2.10 bits per heavy atom. The summed E-state index contributed by atoms with van der Waals surface area (Å²) in [6, 6.07) is 0. The van der Waals surface area contributed by atoms with Gasteiger partial charge in [-0.3, -0.25) is 0 Å². The first-order chi connectivity index (χ1) is 4.60. The zero-order chi connectivity index (χ0) is 8.20. The third-order valence-electron chi connectivity index (χ3n) is 1.32. The molecule has 0 heterocycles. The number of carbonyl (C=O) groups excluding carboxylic acids is 1. The summed E-state index contributed by atoms with van der Waals surface area (Å²) in [5.41, 5.74) is -1.11. The van der Waals surface area contributed by atoms with Crippen LogP contribution in [0.4, 0.5) is 0 Å². The van der Waals surface area contributed by atoms with Gasteiger partial charge in [-0.1, -0.05) is 0 Å². The summed E-state index contributed by atoms with van der Waals surface area (Å²) in [5.74, 6) is -0.507. The van der Waals surface area contributed by atoms with Crippen molar-refractivity contribution in [3.63, 3.8) is 0 Å². The third-order valence-corrected chi connectivity index (χ3v) is 2.51. The van der Waals surface area contributed by atoms with Crippen molar-refractivity contribution in [1.29, 1.82) is 0 Å². The van der Waals surface area contributed by atoms with E-state index in [1.807, 2.05) is 0 Å². The summed E-state index contributed by atoms with van der Waals surface area (Å²) in [4.78, 5) is 10.8. The first kappa shape index (κ1) is 8.39. The van der Waals surface area contributed by atoms with Crippen LogP contribution >= 0.6 is 0 Å². The van der Waals surface area contributed by atoms with Gasteiger partial charge in [0.15, 0.2) is 0 Å². The molecule has 0 aliphatic rings. The van der Waals surface area contributed by atoms with E-state index >= 15 is 0 Å². The second kappa shape index (κ2) is 2.80. The molecule has 5 heteroatoms. The summed E-state index contributed by atoms with van der Waals surface area (Å²) >= 11 is 0. The van der Waals surface area contributed by atoms with Gasteiger partial charge >= 0.3 is 51.6 Å². The van der Waals surface area contributed by atoms with Crippen LogP contribution in [0.5, 0.6) is 0 Å². The van der Waals surface area contributed by atoms with Crippen LogP contribution in [0.2, 0.25) is 0 Å². The molecule has 0 bridgehead atoms. The normalized spacial score (nSPS) is 11.3. The van der Waals surface area contributed by atoms with E-state index in [4.69, 9.17) is 10.2 Å². The topological polar surface area (TPSA) is 66.8 Å². The average molecular weight is 400 g/mol. The van der Waals surface area contributed by atoms with Crippen molar-refractivity contribution in [3.05, 3.63) is 0 Å². The molecule has 0 fully saturated rings. The molecule has 0 aromatic rings. The first-order valence-corrected chi connectivity index (χ1v) is 5.40. The zero-order valence-electron chi connectivity index (χ0n) is 5.83. The van der Waals surface area contributed by atoms with Crippen LogP contribution in [0.1, 0.15) is 6.92 Å². The Hall–Kier alpha value is -1.61. The Bertz CT molecular complexity index is 121. The van der Waals surface area contributed by atoms with Gasteiger partial charge in [0.1, 0.15) is 0 Å². The molecule has 0 aliphatic carbocycles. The molecule has 0 rings (SSSR count). The van der Waals surface area contributed by atoms with Gasteiger partial charge in [0.25, 0.3) is 0 Å². The van der Waals surface area contributed by atoms with Crippen LogP contribution in [-0.4, -0.2) is 29.4 Å². The van der Waals surface area contributed by atoms with E-state index in [1.54, 1.807) is 0 Å². The van der Waals surface area contributed by atoms with Gasteiger partial charge in [-0.25, -0.2) is 0 Å². The summed E-state index contributed by atoms with van der Waals surface area (Å²) in [7, 11) is 0. The van der Waals surface area contributed by atoms with Crippen molar-refractivity contribution in [2.24, 2.45) is 5.41 Å². The fourth-order valence-electron chi connectivity index (χ4n) is 0.353. The molecule has 10 heavy (non-hydrogen) atoms. The molecule has 0 unspecified atom stereocenters. The van der Waals surface area contributed by atoms with Gasteiger partial charge in [0.05, 0.1) is 0 Å². The van der Waals surface area contributed by atoms with Crippen molar-refractivity contribution >= 4 is 5.97 Å². The SMILES string of the molecule is CC(CO)(CO)C(=O)[O][Rf]. The van der Waals surface area contributed by atoms with Gasteiger partial charge in [0, 0.05) is 0 Å². The van der Waals surface area contributed by atoms with Gasteiger partial charge in [-0.15, -0.1) is 0 Å². The second-order valence-electron chi connectivity index (χ2n) is 2.31. The van der Waals surface area contributed by atoms with Gasteiger partial charge < -0.3 is 0 Å². The summed E-state index contributed by atoms with van der Waals surface area (Å²) in [6.07, 6.45) is 0. The predicted octanol–water partition coefficient (Wildman–Crippen LogP) is -1.02. The fourth-order valence-corrected chi connectivity index (χ4v) is 1.93. The number of aliphatic hydroxyl groups is 2. The Labute approximate surface area is 52.7 Å². The van der Waals surface area contributed by atoms with Crippen molar-refractivity contribution in [3.8, 4) is 0 Å². The van der Waals surface area contributed by atoms with Crippen LogP contribution in [-0.2, 0) is 9.90 Å². The standard InChI is InChI=1S/C5H10O4.Rf/c1-5(2-6,3-7)4(8)9;/h6-7H,2-3H2,1H3,(H,8,9);/q;+1/p-1. The Kier molecular flexibility index (Phi) is 2.35. The van der Waals surface area contributed by atoms with E-state index in [0.29, 0.717) is 0 Å².